The van der Waals surface area contributed by atoms with E-state index >= 15 is 0 Å². The molecule has 0 bridgehead atoms. The predicted molar refractivity (Wildman–Crippen MR) is 118 cm³/mol. The lowest BCUT2D eigenvalue weighted by molar-refractivity contribution is -0.125. The summed E-state index contributed by atoms with van der Waals surface area (Å²) in [6.45, 7) is 4.96. The summed E-state index contributed by atoms with van der Waals surface area (Å²) in [5.41, 5.74) is 6.45. The van der Waals surface area contributed by atoms with Crippen LogP contribution in [0.1, 0.15) is 44.9 Å². The van der Waals surface area contributed by atoms with Crippen molar-refractivity contribution in [1.29, 1.82) is 0 Å². The number of hydrogen-bond donors (Lipinski definition) is 1. The quantitative estimate of drug-likeness (QED) is 0.779. The number of hydrogen-bond acceptors (Lipinski definition) is 5. The Hall–Kier alpha value is -2.48. The first-order chi connectivity index (χ1) is 15.0. The summed E-state index contributed by atoms with van der Waals surface area (Å²) < 4.78 is 13.3. The number of likely N-dealkylation sites (tertiary alicyclic amines) is 2. The number of rotatable bonds is 5. The van der Waals surface area contributed by atoms with Crippen LogP contribution in [0.4, 0.5) is 10.1 Å². The third-order valence-corrected chi connectivity index (χ3v) is 6.69. The average Bonchev–Trinajstić information content (AvgIpc) is 3.07. The van der Waals surface area contributed by atoms with Gasteiger partial charge in [0.25, 0.3) is 5.91 Å². The van der Waals surface area contributed by atoms with Gasteiger partial charge in [-0.15, -0.1) is 0 Å². The van der Waals surface area contributed by atoms with E-state index in [-0.39, 0.29) is 18.1 Å². The molecule has 2 fully saturated rings. The number of primary amides is 1. The van der Waals surface area contributed by atoms with Crippen LogP contribution in [0.15, 0.2) is 29.4 Å². The van der Waals surface area contributed by atoms with Crippen LogP contribution < -0.4 is 10.7 Å². The maximum absolute atomic E-state index is 13.3. The predicted octanol–water partition coefficient (Wildman–Crippen LogP) is 2.36. The summed E-state index contributed by atoms with van der Waals surface area (Å²) >= 11 is 0. The fourth-order valence-corrected chi connectivity index (χ4v) is 4.88. The largest absolute Gasteiger partial charge is 0.368 e. The molecule has 3 aliphatic heterocycles. The van der Waals surface area contributed by atoms with E-state index in [1.165, 1.54) is 68.0 Å². The first-order valence-electron chi connectivity index (χ1n) is 11.4. The van der Waals surface area contributed by atoms with Crippen molar-refractivity contribution < 1.29 is 14.0 Å². The molecule has 0 saturated carbocycles. The van der Waals surface area contributed by atoms with E-state index in [9.17, 15) is 14.0 Å². The summed E-state index contributed by atoms with van der Waals surface area (Å²) in [7, 11) is 0. The molecule has 7 nitrogen and oxygen atoms in total. The number of anilines is 1. The number of amides is 2. The van der Waals surface area contributed by atoms with E-state index in [2.05, 4.69) is 10.0 Å². The summed E-state index contributed by atoms with van der Waals surface area (Å²) in [5, 5.41) is 5.86. The number of nitrogens with two attached hydrogens (primary N) is 1. The lowest BCUT2D eigenvalue weighted by Crippen LogP contribution is -2.44. The van der Waals surface area contributed by atoms with E-state index in [0.717, 1.165) is 19.4 Å². The van der Waals surface area contributed by atoms with Crippen molar-refractivity contribution in [2.24, 2.45) is 16.8 Å². The molecule has 0 radical (unpaired) electrons. The van der Waals surface area contributed by atoms with Gasteiger partial charge in [-0.05, 0) is 69.0 Å². The molecule has 1 aromatic rings. The normalized spacial score (nSPS) is 23.5. The molecular formula is C23H32FN5O2. The number of benzene rings is 1. The molecule has 0 aliphatic carbocycles. The third kappa shape index (κ3) is 5.23. The SMILES string of the molecule is NC(=O)C1CC(C(=O)N2CCC(CN3CCCCCC3)CC2)=NN1c1ccc(F)cc1. The molecule has 168 valence electrons. The molecular weight excluding hydrogens is 397 g/mol. The molecule has 2 amide bonds. The molecule has 1 atom stereocenters. The van der Waals surface area contributed by atoms with Crippen molar-refractivity contribution in [3.63, 3.8) is 0 Å². The van der Waals surface area contributed by atoms with Gasteiger partial charge in [0, 0.05) is 26.1 Å². The Balaban J connectivity index is 1.36. The highest BCUT2D eigenvalue weighted by Gasteiger charge is 2.37. The van der Waals surface area contributed by atoms with Gasteiger partial charge in [0.15, 0.2) is 0 Å². The van der Waals surface area contributed by atoms with Crippen LogP contribution in [0.3, 0.4) is 0 Å². The standard InChI is InChI=1S/C23H32FN5O2/c24-18-5-7-19(8-6-18)29-21(22(25)30)15-20(26-29)23(31)28-13-9-17(10-14-28)16-27-11-3-1-2-4-12-27/h5-8,17,21H,1-4,9-16H2,(H2,25,30). The van der Waals surface area contributed by atoms with Crippen LogP contribution in [0.5, 0.6) is 0 Å². The Labute approximate surface area is 183 Å². The molecule has 0 spiro atoms. The van der Waals surface area contributed by atoms with E-state index in [4.69, 9.17) is 5.73 Å². The first-order valence-corrected chi connectivity index (χ1v) is 11.4. The number of nitrogens with zero attached hydrogens (tertiary/aromatic N) is 4. The maximum Gasteiger partial charge on any atom is 0.270 e. The molecule has 1 unspecified atom stereocenters. The lowest BCUT2D eigenvalue weighted by atomic mass is 9.95. The summed E-state index contributed by atoms with van der Waals surface area (Å²) in [6.07, 6.45) is 7.44. The molecule has 4 rings (SSSR count). The Kier molecular flexibility index (Phi) is 6.85. The fraction of sp³-hybridized carbons (Fsp3) is 0.609. The summed E-state index contributed by atoms with van der Waals surface area (Å²) in [6, 6.07) is 4.95. The molecule has 3 heterocycles. The van der Waals surface area contributed by atoms with Gasteiger partial charge in [-0.3, -0.25) is 14.6 Å². The Morgan fingerprint density at radius 2 is 1.65 bits per heavy atom. The Morgan fingerprint density at radius 3 is 2.26 bits per heavy atom. The second kappa shape index (κ2) is 9.77. The number of carbonyl (C=O) groups is 2. The second-order valence-electron chi connectivity index (χ2n) is 8.94. The van der Waals surface area contributed by atoms with Crippen molar-refractivity contribution in [2.45, 2.75) is 51.0 Å². The smallest absolute Gasteiger partial charge is 0.270 e. The van der Waals surface area contributed by atoms with Gasteiger partial charge in [-0.25, -0.2) is 4.39 Å². The van der Waals surface area contributed by atoms with Gasteiger partial charge in [0.2, 0.25) is 5.91 Å². The highest BCUT2D eigenvalue weighted by molar-refractivity contribution is 6.40. The van der Waals surface area contributed by atoms with E-state index in [0.29, 0.717) is 30.4 Å². The Bertz CT molecular complexity index is 812. The van der Waals surface area contributed by atoms with Crippen LogP contribution >= 0.6 is 0 Å². The number of hydrazone groups is 1. The highest BCUT2D eigenvalue weighted by Crippen LogP contribution is 2.27. The van der Waals surface area contributed by atoms with E-state index < -0.39 is 11.9 Å². The molecule has 2 saturated heterocycles. The monoisotopic (exact) mass is 429 g/mol. The fourth-order valence-electron chi connectivity index (χ4n) is 4.88. The number of halogens is 1. The third-order valence-electron chi connectivity index (χ3n) is 6.69. The zero-order chi connectivity index (χ0) is 21.8. The van der Waals surface area contributed by atoms with Crippen molar-refractivity contribution in [3.8, 4) is 0 Å². The van der Waals surface area contributed by atoms with Crippen LogP contribution in [-0.4, -0.2) is 66.1 Å². The van der Waals surface area contributed by atoms with Crippen molar-refractivity contribution in [2.75, 3.05) is 37.7 Å². The van der Waals surface area contributed by atoms with Gasteiger partial charge >= 0.3 is 0 Å². The molecule has 1 aromatic carbocycles. The van der Waals surface area contributed by atoms with Crippen molar-refractivity contribution in [1.82, 2.24) is 9.80 Å². The van der Waals surface area contributed by atoms with Gasteiger partial charge in [-0.1, -0.05) is 12.8 Å². The average molecular weight is 430 g/mol. The lowest BCUT2D eigenvalue weighted by Gasteiger charge is -2.34. The topological polar surface area (TPSA) is 82.2 Å². The van der Waals surface area contributed by atoms with E-state index in [1.54, 1.807) is 0 Å². The van der Waals surface area contributed by atoms with Crippen LogP contribution in [0.25, 0.3) is 0 Å². The minimum atomic E-state index is -0.731. The zero-order valence-electron chi connectivity index (χ0n) is 18.0. The van der Waals surface area contributed by atoms with Crippen molar-refractivity contribution in [3.05, 3.63) is 30.1 Å². The molecule has 0 aromatic heterocycles. The van der Waals surface area contributed by atoms with Gasteiger partial charge in [0.05, 0.1) is 5.69 Å². The molecule has 8 heteroatoms. The van der Waals surface area contributed by atoms with Gasteiger partial charge < -0.3 is 15.5 Å². The maximum atomic E-state index is 13.3. The number of carbonyl (C=O) groups excluding carboxylic acids is 2. The zero-order valence-corrected chi connectivity index (χ0v) is 18.0. The van der Waals surface area contributed by atoms with Crippen LogP contribution in [0, 0.1) is 11.7 Å². The minimum Gasteiger partial charge on any atom is -0.368 e. The number of piperidine rings is 1. The second-order valence-corrected chi connectivity index (χ2v) is 8.94. The van der Waals surface area contributed by atoms with Crippen LogP contribution in [-0.2, 0) is 9.59 Å². The minimum absolute atomic E-state index is 0.121. The molecule has 31 heavy (non-hydrogen) atoms. The van der Waals surface area contributed by atoms with Crippen LogP contribution in [0.2, 0.25) is 0 Å². The Morgan fingerprint density at radius 1 is 1.00 bits per heavy atom. The highest BCUT2D eigenvalue weighted by atomic mass is 19.1. The van der Waals surface area contributed by atoms with Crippen molar-refractivity contribution >= 4 is 23.2 Å². The summed E-state index contributed by atoms with van der Waals surface area (Å²) in [5.74, 6) is -0.417. The van der Waals surface area contributed by atoms with Gasteiger partial charge in [0.1, 0.15) is 17.6 Å². The summed E-state index contributed by atoms with van der Waals surface area (Å²) in [4.78, 5) is 29.5. The van der Waals surface area contributed by atoms with E-state index in [1.807, 2.05) is 4.90 Å². The molecule has 2 N–H and O–H groups in total. The molecule has 3 aliphatic rings. The van der Waals surface area contributed by atoms with Gasteiger partial charge in [-0.2, -0.15) is 5.10 Å². The first kappa shape index (κ1) is 21.7.